The third kappa shape index (κ3) is 4.64. The molecule has 0 fully saturated rings. The first-order valence-corrected chi connectivity index (χ1v) is 9.96. The van der Waals surface area contributed by atoms with Gasteiger partial charge < -0.3 is 14.8 Å². The predicted octanol–water partition coefficient (Wildman–Crippen LogP) is 1.50. The van der Waals surface area contributed by atoms with E-state index in [0.717, 1.165) is 12.2 Å². The van der Waals surface area contributed by atoms with Gasteiger partial charge in [0.15, 0.2) is 0 Å². The van der Waals surface area contributed by atoms with Crippen LogP contribution in [0.2, 0.25) is 0 Å². The molecule has 1 amide bonds. The van der Waals surface area contributed by atoms with Crippen molar-refractivity contribution in [3.63, 3.8) is 0 Å². The van der Waals surface area contributed by atoms with Crippen molar-refractivity contribution in [1.29, 1.82) is 0 Å². The molecule has 0 bridgehead atoms. The van der Waals surface area contributed by atoms with Crippen molar-refractivity contribution in [3.8, 4) is 0 Å². The number of carbonyl (C=O) groups excluding carboxylic acids is 1. The molecule has 0 unspecified atom stereocenters. The molecule has 2 N–H and O–H groups in total. The van der Waals surface area contributed by atoms with E-state index in [1.54, 1.807) is 7.05 Å². The van der Waals surface area contributed by atoms with Crippen LogP contribution in [0.25, 0.3) is 0 Å². The molecular weight excluding hydrogens is 352 g/mol. The molecule has 0 radical (unpaired) electrons. The number of nitrogens with one attached hydrogen (secondary N) is 2. The van der Waals surface area contributed by atoms with Crippen LogP contribution in [0, 0.1) is 6.92 Å². The molecule has 0 aliphatic rings. The first-order chi connectivity index (χ1) is 12.3. The van der Waals surface area contributed by atoms with Gasteiger partial charge in [-0.25, -0.2) is 13.1 Å². The zero-order valence-corrected chi connectivity index (χ0v) is 16.4. The van der Waals surface area contributed by atoms with Crippen molar-refractivity contribution < 1.29 is 13.2 Å². The molecule has 0 aliphatic heterocycles. The van der Waals surface area contributed by atoms with Crippen LogP contribution in [0.15, 0.2) is 41.4 Å². The summed E-state index contributed by atoms with van der Waals surface area (Å²) >= 11 is 0. The molecule has 7 nitrogen and oxygen atoms in total. The maximum Gasteiger partial charge on any atom is 0.268 e. The largest absolute Gasteiger partial charge is 0.370 e. The second kappa shape index (κ2) is 8.37. The number of carbonyl (C=O) groups is 1. The molecule has 0 aliphatic carbocycles. The number of amides is 1. The lowest BCUT2D eigenvalue weighted by molar-refractivity contribution is 0.0946. The van der Waals surface area contributed by atoms with E-state index in [4.69, 9.17) is 0 Å². The van der Waals surface area contributed by atoms with Crippen LogP contribution < -0.4 is 14.9 Å². The average Bonchev–Trinajstić information content (AvgIpc) is 3.01. The first-order valence-electron chi connectivity index (χ1n) is 8.48. The SMILES string of the molecule is CCN(CCNC(=O)c1cc(S(=O)(=O)NC)cn1C)c1cccc(C)c1. The van der Waals surface area contributed by atoms with Gasteiger partial charge in [0.05, 0.1) is 0 Å². The topological polar surface area (TPSA) is 83.4 Å². The van der Waals surface area contributed by atoms with Gasteiger partial charge in [-0.1, -0.05) is 12.1 Å². The number of hydrogen-bond acceptors (Lipinski definition) is 4. The number of benzene rings is 1. The van der Waals surface area contributed by atoms with Crippen LogP contribution in [0.1, 0.15) is 23.0 Å². The summed E-state index contributed by atoms with van der Waals surface area (Å²) in [7, 11) is -0.583. The number of anilines is 1. The maximum atomic E-state index is 12.4. The Morgan fingerprint density at radius 3 is 2.62 bits per heavy atom. The highest BCUT2D eigenvalue weighted by Crippen LogP contribution is 2.15. The minimum Gasteiger partial charge on any atom is -0.370 e. The van der Waals surface area contributed by atoms with Crippen LogP contribution in [-0.2, 0) is 17.1 Å². The molecule has 2 rings (SSSR count). The van der Waals surface area contributed by atoms with E-state index in [2.05, 4.69) is 27.9 Å². The summed E-state index contributed by atoms with van der Waals surface area (Å²) in [5, 5.41) is 2.86. The zero-order chi connectivity index (χ0) is 19.3. The van der Waals surface area contributed by atoms with Gasteiger partial charge in [0.2, 0.25) is 10.0 Å². The lowest BCUT2D eigenvalue weighted by atomic mass is 10.2. The normalized spacial score (nSPS) is 11.4. The monoisotopic (exact) mass is 378 g/mol. The Balaban J connectivity index is 2.00. The minimum atomic E-state index is -3.57. The third-order valence-electron chi connectivity index (χ3n) is 4.21. The Labute approximate surface area is 155 Å². The third-order valence-corrected chi connectivity index (χ3v) is 5.59. The number of rotatable bonds is 8. The fourth-order valence-corrected chi connectivity index (χ4v) is 3.51. The average molecular weight is 378 g/mol. The molecule has 0 spiro atoms. The number of sulfonamides is 1. The van der Waals surface area contributed by atoms with Crippen molar-refractivity contribution in [2.24, 2.45) is 7.05 Å². The summed E-state index contributed by atoms with van der Waals surface area (Å²) in [6.45, 7) is 6.06. The molecule has 8 heteroatoms. The van der Waals surface area contributed by atoms with Crippen molar-refractivity contribution in [2.75, 3.05) is 31.6 Å². The van der Waals surface area contributed by atoms with Gasteiger partial charge in [-0.15, -0.1) is 0 Å². The molecule has 1 aromatic heterocycles. The summed E-state index contributed by atoms with van der Waals surface area (Å²) in [4.78, 5) is 14.6. The van der Waals surface area contributed by atoms with Crippen LogP contribution in [0.4, 0.5) is 5.69 Å². The van der Waals surface area contributed by atoms with Crippen molar-refractivity contribution in [2.45, 2.75) is 18.7 Å². The molecule has 0 saturated carbocycles. The number of aromatic nitrogens is 1. The summed E-state index contributed by atoms with van der Waals surface area (Å²) in [5.74, 6) is -0.301. The molecule has 142 valence electrons. The van der Waals surface area contributed by atoms with E-state index in [0.29, 0.717) is 18.8 Å². The summed E-state index contributed by atoms with van der Waals surface area (Å²) in [5.41, 5.74) is 2.60. The number of likely N-dealkylation sites (N-methyl/N-ethyl adjacent to an activating group) is 1. The summed E-state index contributed by atoms with van der Waals surface area (Å²) < 4.78 is 27.5. The lowest BCUT2D eigenvalue weighted by Crippen LogP contribution is -2.35. The van der Waals surface area contributed by atoms with Gasteiger partial charge in [0.25, 0.3) is 5.91 Å². The summed E-state index contributed by atoms with van der Waals surface area (Å²) in [6.07, 6.45) is 1.42. The Morgan fingerprint density at radius 2 is 2.00 bits per heavy atom. The molecular formula is C18H26N4O3S. The van der Waals surface area contributed by atoms with E-state index < -0.39 is 10.0 Å². The second-order valence-electron chi connectivity index (χ2n) is 6.05. The van der Waals surface area contributed by atoms with Crippen molar-refractivity contribution in [3.05, 3.63) is 47.8 Å². The van der Waals surface area contributed by atoms with Gasteiger partial charge in [0, 0.05) is 38.6 Å². The van der Waals surface area contributed by atoms with Crippen LogP contribution in [0.3, 0.4) is 0 Å². The maximum absolute atomic E-state index is 12.4. The van der Waals surface area contributed by atoms with Gasteiger partial charge in [-0.05, 0) is 44.7 Å². The molecule has 0 saturated heterocycles. The molecule has 1 aromatic carbocycles. The van der Waals surface area contributed by atoms with E-state index in [1.165, 1.54) is 29.4 Å². The van der Waals surface area contributed by atoms with Gasteiger partial charge in [-0.2, -0.15) is 0 Å². The Bertz CT molecular complexity index is 874. The fraction of sp³-hybridized carbons (Fsp3) is 0.389. The van der Waals surface area contributed by atoms with Gasteiger partial charge in [0.1, 0.15) is 10.6 Å². The van der Waals surface area contributed by atoms with Gasteiger partial charge >= 0.3 is 0 Å². The molecule has 2 aromatic rings. The number of nitrogens with zero attached hydrogens (tertiary/aromatic N) is 2. The number of hydrogen-bond donors (Lipinski definition) is 2. The smallest absolute Gasteiger partial charge is 0.268 e. The molecule has 1 heterocycles. The van der Waals surface area contributed by atoms with Crippen LogP contribution in [0.5, 0.6) is 0 Å². The van der Waals surface area contributed by atoms with Crippen LogP contribution >= 0.6 is 0 Å². The fourth-order valence-electron chi connectivity index (χ4n) is 2.71. The Hall–Kier alpha value is -2.32. The predicted molar refractivity (Wildman–Crippen MR) is 103 cm³/mol. The Kier molecular flexibility index (Phi) is 6.44. The van der Waals surface area contributed by atoms with Gasteiger partial charge in [-0.3, -0.25) is 4.79 Å². The van der Waals surface area contributed by atoms with Crippen molar-refractivity contribution >= 4 is 21.6 Å². The zero-order valence-electron chi connectivity index (χ0n) is 15.6. The molecule has 26 heavy (non-hydrogen) atoms. The van der Waals surface area contributed by atoms with E-state index >= 15 is 0 Å². The van der Waals surface area contributed by atoms with Crippen LogP contribution in [-0.4, -0.2) is 45.6 Å². The highest BCUT2D eigenvalue weighted by molar-refractivity contribution is 7.89. The second-order valence-corrected chi connectivity index (χ2v) is 7.94. The quantitative estimate of drug-likeness (QED) is 0.729. The standard InChI is InChI=1S/C18H26N4O3S/c1-5-22(15-8-6-7-14(2)11-15)10-9-20-18(23)17-12-16(13-21(17)4)26(24,25)19-3/h6-8,11-13,19H,5,9-10H2,1-4H3,(H,20,23). The lowest BCUT2D eigenvalue weighted by Gasteiger charge is -2.23. The number of aryl methyl sites for hydroxylation is 2. The van der Waals surface area contributed by atoms with Crippen molar-refractivity contribution in [1.82, 2.24) is 14.6 Å². The Morgan fingerprint density at radius 1 is 1.27 bits per heavy atom. The summed E-state index contributed by atoms with van der Waals surface area (Å²) in [6, 6.07) is 9.59. The van der Waals surface area contributed by atoms with E-state index in [9.17, 15) is 13.2 Å². The molecule has 0 atom stereocenters. The highest BCUT2D eigenvalue weighted by atomic mass is 32.2. The van der Waals surface area contributed by atoms with E-state index in [1.807, 2.05) is 25.1 Å². The minimum absolute atomic E-state index is 0.0718. The highest BCUT2D eigenvalue weighted by Gasteiger charge is 2.19. The first kappa shape index (κ1) is 20.0. The van der Waals surface area contributed by atoms with E-state index in [-0.39, 0.29) is 10.8 Å².